The van der Waals surface area contributed by atoms with Gasteiger partial charge in [0.25, 0.3) is 0 Å². The molecule has 2 rings (SSSR count). The van der Waals surface area contributed by atoms with Crippen LogP contribution in [0.25, 0.3) is 0 Å². The number of ether oxygens (including phenoxy) is 2. The second-order valence-electron chi connectivity index (χ2n) is 5.36. The predicted molar refractivity (Wildman–Crippen MR) is 104 cm³/mol. The molecule has 0 aromatic heterocycles. The van der Waals surface area contributed by atoms with Crippen molar-refractivity contribution in [3.63, 3.8) is 0 Å². The maximum atomic E-state index is 11.9. The molecule has 0 fully saturated rings. The number of anilines is 1. The van der Waals surface area contributed by atoms with Crippen molar-refractivity contribution in [2.75, 3.05) is 19.0 Å². The lowest BCUT2D eigenvalue weighted by Gasteiger charge is -2.11. The summed E-state index contributed by atoms with van der Waals surface area (Å²) in [7, 11) is 1.53. The van der Waals surface area contributed by atoms with Gasteiger partial charge >= 0.3 is 0 Å². The number of para-hydroxylation sites is 2. The molecule has 2 aromatic carbocycles. The van der Waals surface area contributed by atoms with Gasteiger partial charge in [-0.25, -0.2) is 5.43 Å². The minimum Gasteiger partial charge on any atom is -0.493 e. The highest BCUT2D eigenvalue weighted by molar-refractivity contribution is 6.03. The summed E-state index contributed by atoms with van der Waals surface area (Å²) in [5.41, 5.74) is 3.56. The van der Waals surface area contributed by atoms with Crippen LogP contribution >= 0.6 is 0 Å². The predicted octanol–water partition coefficient (Wildman–Crippen LogP) is 2.74. The number of benzene rings is 2. The fourth-order valence-electron chi connectivity index (χ4n) is 2.18. The Morgan fingerprint density at radius 1 is 1.11 bits per heavy atom. The standard InChI is InChI=1S/C20H21N3O4/c1-3-12-27-20-15(8-7-11-17(20)26-2)14-21-23-19(25)13-18(24)22-16-9-5-4-6-10-16/h3-11,14H,1,12-13H2,2H3,(H,22,24)(H,23,25). The molecule has 140 valence electrons. The first kappa shape index (κ1) is 19.7. The zero-order valence-corrected chi connectivity index (χ0v) is 15.0. The summed E-state index contributed by atoms with van der Waals surface area (Å²) in [5, 5.41) is 6.51. The van der Waals surface area contributed by atoms with Crippen LogP contribution in [0.5, 0.6) is 11.5 Å². The molecule has 0 spiro atoms. The molecule has 27 heavy (non-hydrogen) atoms. The lowest BCUT2D eigenvalue weighted by molar-refractivity contribution is -0.126. The van der Waals surface area contributed by atoms with Gasteiger partial charge in [-0.15, -0.1) is 0 Å². The van der Waals surface area contributed by atoms with Crippen LogP contribution in [0, 0.1) is 0 Å². The van der Waals surface area contributed by atoms with Crippen LogP contribution in [0.1, 0.15) is 12.0 Å². The molecule has 0 bridgehead atoms. The van der Waals surface area contributed by atoms with Gasteiger partial charge in [0.15, 0.2) is 11.5 Å². The van der Waals surface area contributed by atoms with E-state index in [1.807, 2.05) is 6.07 Å². The molecule has 0 heterocycles. The number of hydrogen-bond acceptors (Lipinski definition) is 5. The van der Waals surface area contributed by atoms with Crippen LogP contribution in [0.3, 0.4) is 0 Å². The Bertz CT molecular complexity index is 819. The molecule has 0 radical (unpaired) electrons. The number of nitrogens with zero attached hydrogens (tertiary/aromatic N) is 1. The first-order chi connectivity index (χ1) is 13.1. The lowest BCUT2D eigenvalue weighted by atomic mass is 10.2. The van der Waals surface area contributed by atoms with Crippen LogP contribution < -0.4 is 20.2 Å². The zero-order valence-electron chi connectivity index (χ0n) is 15.0. The number of nitrogens with one attached hydrogen (secondary N) is 2. The molecule has 0 atom stereocenters. The van der Waals surface area contributed by atoms with Crippen molar-refractivity contribution in [2.24, 2.45) is 5.10 Å². The Morgan fingerprint density at radius 2 is 1.89 bits per heavy atom. The van der Waals surface area contributed by atoms with E-state index in [1.165, 1.54) is 13.3 Å². The number of carbonyl (C=O) groups is 2. The topological polar surface area (TPSA) is 89.0 Å². The molecule has 0 aliphatic rings. The minimum atomic E-state index is -0.531. The first-order valence-corrected chi connectivity index (χ1v) is 8.21. The molecular formula is C20H21N3O4. The summed E-state index contributed by atoms with van der Waals surface area (Å²) in [6.45, 7) is 3.91. The second kappa shape index (κ2) is 10.4. The Hall–Kier alpha value is -3.61. The number of rotatable bonds is 9. The molecule has 2 N–H and O–H groups in total. The third kappa shape index (κ3) is 6.32. The van der Waals surface area contributed by atoms with E-state index >= 15 is 0 Å². The lowest BCUT2D eigenvalue weighted by Crippen LogP contribution is -2.24. The van der Waals surface area contributed by atoms with Gasteiger partial charge in [0, 0.05) is 11.3 Å². The Labute approximate surface area is 157 Å². The highest BCUT2D eigenvalue weighted by Crippen LogP contribution is 2.29. The van der Waals surface area contributed by atoms with Crippen molar-refractivity contribution in [1.82, 2.24) is 5.43 Å². The van der Waals surface area contributed by atoms with E-state index in [9.17, 15) is 9.59 Å². The quantitative estimate of drug-likeness (QED) is 0.309. The maximum Gasteiger partial charge on any atom is 0.249 e. The number of amides is 2. The summed E-state index contributed by atoms with van der Waals surface area (Å²) in [6.07, 6.45) is 2.69. The second-order valence-corrected chi connectivity index (χ2v) is 5.36. The summed E-state index contributed by atoms with van der Waals surface area (Å²) in [6, 6.07) is 14.2. The minimum absolute atomic E-state index is 0.299. The van der Waals surface area contributed by atoms with E-state index in [0.717, 1.165) is 0 Å². The summed E-state index contributed by atoms with van der Waals surface area (Å²) in [5.74, 6) is 0.0653. The highest BCUT2D eigenvalue weighted by atomic mass is 16.5. The summed E-state index contributed by atoms with van der Waals surface area (Å²) < 4.78 is 10.8. The molecule has 0 unspecified atom stereocenters. The monoisotopic (exact) mass is 367 g/mol. The van der Waals surface area contributed by atoms with Gasteiger partial charge in [0.05, 0.1) is 13.3 Å². The van der Waals surface area contributed by atoms with Crippen molar-refractivity contribution in [2.45, 2.75) is 6.42 Å². The van der Waals surface area contributed by atoms with Crippen molar-refractivity contribution >= 4 is 23.7 Å². The molecule has 7 heteroatoms. The average molecular weight is 367 g/mol. The van der Waals surface area contributed by atoms with Gasteiger partial charge in [-0.05, 0) is 24.3 Å². The molecule has 7 nitrogen and oxygen atoms in total. The van der Waals surface area contributed by atoms with E-state index < -0.39 is 11.8 Å². The number of hydrogen-bond donors (Lipinski definition) is 2. The molecule has 0 aliphatic heterocycles. The maximum absolute atomic E-state index is 11.9. The van der Waals surface area contributed by atoms with Crippen LogP contribution in [-0.2, 0) is 9.59 Å². The van der Waals surface area contributed by atoms with Crippen molar-refractivity contribution in [3.05, 3.63) is 66.7 Å². The Balaban J connectivity index is 1.93. The van der Waals surface area contributed by atoms with Gasteiger partial charge in [-0.1, -0.05) is 36.9 Å². The Kier molecular flexibility index (Phi) is 7.59. The highest BCUT2D eigenvalue weighted by Gasteiger charge is 2.10. The van der Waals surface area contributed by atoms with Crippen molar-refractivity contribution in [3.8, 4) is 11.5 Å². The van der Waals surface area contributed by atoms with Crippen molar-refractivity contribution in [1.29, 1.82) is 0 Å². The molecule has 0 saturated heterocycles. The van der Waals surface area contributed by atoms with Crippen LogP contribution in [0.4, 0.5) is 5.69 Å². The average Bonchev–Trinajstić information content (AvgIpc) is 2.67. The van der Waals surface area contributed by atoms with E-state index in [4.69, 9.17) is 9.47 Å². The summed E-state index contributed by atoms with van der Waals surface area (Å²) in [4.78, 5) is 23.7. The van der Waals surface area contributed by atoms with E-state index in [0.29, 0.717) is 29.4 Å². The van der Waals surface area contributed by atoms with Crippen LogP contribution in [0.2, 0.25) is 0 Å². The first-order valence-electron chi connectivity index (χ1n) is 8.21. The van der Waals surface area contributed by atoms with E-state index in [1.54, 1.807) is 48.5 Å². The molecule has 0 aliphatic carbocycles. The van der Waals surface area contributed by atoms with Gasteiger partial charge in [0.1, 0.15) is 13.0 Å². The van der Waals surface area contributed by atoms with E-state index in [2.05, 4.69) is 22.4 Å². The third-order valence-corrected chi connectivity index (χ3v) is 3.35. The zero-order chi connectivity index (χ0) is 19.5. The fourth-order valence-corrected chi connectivity index (χ4v) is 2.18. The van der Waals surface area contributed by atoms with Crippen molar-refractivity contribution < 1.29 is 19.1 Å². The SMILES string of the molecule is C=CCOc1c(C=NNC(=O)CC(=O)Nc2ccccc2)cccc1OC. The number of methoxy groups -OCH3 is 1. The third-order valence-electron chi connectivity index (χ3n) is 3.35. The fraction of sp³-hybridized carbons (Fsp3) is 0.150. The summed E-state index contributed by atoms with van der Waals surface area (Å²) >= 11 is 0. The Morgan fingerprint density at radius 3 is 2.59 bits per heavy atom. The largest absolute Gasteiger partial charge is 0.493 e. The number of hydrazone groups is 1. The van der Waals surface area contributed by atoms with Gasteiger partial charge < -0.3 is 14.8 Å². The molecule has 2 amide bonds. The molecule has 2 aromatic rings. The van der Waals surface area contributed by atoms with Crippen LogP contribution in [0.15, 0.2) is 66.3 Å². The molecule has 0 saturated carbocycles. The van der Waals surface area contributed by atoms with Gasteiger partial charge in [-0.3, -0.25) is 9.59 Å². The normalized spacial score (nSPS) is 10.3. The van der Waals surface area contributed by atoms with Gasteiger partial charge in [0.2, 0.25) is 11.8 Å². The van der Waals surface area contributed by atoms with Crippen LogP contribution in [-0.4, -0.2) is 31.7 Å². The number of carbonyl (C=O) groups excluding carboxylic acids is 2. The smallest absolute Gasteiger partial charge is 0.249 e. The molecular weight excluding hydrogens is 346 g/mol. The van der Waals surface area contributed by atoms with Gasteiger partial charge in [-0.2, -0.15) is 5.10 Å². The van der Waals surface area contributed by atoms with E-state index in [-0.39, 0.29) is 6.42 Å².